The molecule has 0 radical (unpaired) electrons. The Balaban J connectivity index is 1.65. The minimum atomic E-state index is 0.514. The minimum absolute atomic E-state index is 0.514. The van der Waals surface area contributed by atoms with E-state index in [1.807, 2.05) is 0 Å². The van der Waals surface area contributed by atoms with Gasteiger partial charge in [0.25, 0.3) is 0 Å². The summed E-state index contributed by atoms with van der Waals surface area (Å²) in [6.07, 6.45) is 3.03. The van der Waals surface area contributed by atoms with E-state index in [4.69, 9.17) is 11.6 Å². The summed E-state index contributed by atoms with van der Waals surface area (Å²) in [4.78, 5) is 8.74. The molecule has 104 valence electrons. The van der Waals surface area contributed by atoms with Gasteiger partial charge in [-0.3, -0.25) is 0 Å². The molecule has 1 atom stereocenters. The van der Waals surface area contributed by atoms with Gasteiger partial charge >= 0.3 is 0 Å². The fourth-order valence-electron chi connectivity index (χ4n) is 2.66. The molecule has 0 spiro atoms. The van der Waals surface area contributed by atoms with E-state index in [0.717, 1.165) is 37.4 Å². The summed E-state index contributed by atoms with van der Waals surface area (Å²) in [5.41, 5.74) is 2.92. The van der Waals surface area contributed by atoms with E-state index >= 15 is 0 Å². The molecule has 1 aromatic carbocycles. The van der Waals surface area contributed by atoms with Gasteiger partial charge < -0.3 is 5.32 Å². The van der Waals surface area contributed by atoms with Crippen molar-refractivity contribution in [3.63, 3.8) is 0 Å². The van der Waals surface area contributed by atoms with E-state index in [1.54, 1.807) is 6.07 Å². The summed E-state index contributed by atoms with van der Waals surface area (Å²) in [5, 5.41) is 3.91. The number of benzene rings is 1. The average Bonchev–Trinajstić information content (AvgIpc) is 2.39. The lowest BCUT2D eigenvalue weighted by molar-refractivity contribution is 0.634. The summed E-state index contributed by atoms with van der Waals surface area (Å²) in [5.74, 6) is 2.23. The maximum absolute atomic E-state index is 6.04. The van der Waals surface area contributed by atoms with Crippen molar-refractivity contribution in [1.29, 1.82) is 0 Å². The summed E-state index contributed by atoms with van der Waals surface area (Å²) in [6.45, 7) is 3.01. The molecular formula is C16H18ClN3. The van der Waals surface area contributed by atoms with Crippen molar-refractivity contribution in [3.8, 4) is 0 Å². The monoisotopic (exact) mass is 287 g/mol. The average molecular weight is 288 g/mol. The van der Waals surface area contributed by atoms with Crippen LogP contribution >= 0.6 is 11.6 Å². The van der Waals surface area contributed by atoms with Crippen LogP contribution in [0, 0.1) is 0 Å². The SMILES string of the molecule is CCCc1nc(Cl)cc(NCC2Cc3ccccc32)n1. The number of nitrogens with zero attached hydrogens (tertiary/aromatic N) is 2. The molecule has 1 aromatic heterocycles. The second-order valence-corrected chi connectivity index (χ2v) is 5.61. The lowest BCUT2D eigenvalue weighted by Gasteiger charge is -2.30. The predicted molar refractivity (Wildman–Crippen MR) is 82.4 cm³/mol. The molecule has 0 fully saturated rings. The Labute approximate surface area is 124 Å². The number of halogens is 1. The van der Waals surface area contributed by atoms with E-state index < -0.39 is 0 Å². The van der Waals surface area contributed by atoms with E-state index in [-0.39, 0.29) is 0 Å². The third-order valence-electron chi connectivity index (χ3n) is 3.71. The van der Waals surface area contributed by atoms with Crippen LogP contribution in [0.3, 0.4) is 0 Å². The highest BCUT2D eigenvalue weighted by atomic mass is 35.5. The lowest BCUT2D eigenvalue weighted by Crippen LogP contribution is -2.24. The normalized spacial score (nSPS) is 16.4. The molecule has 1 unspecified atom stereocenters. The van der Waals surface area contributed by atoms with E-state index in [2.05, 4.69) is 46.5 Å². The van der Waals surface area contributed by atoms with Gasteiger partial charge in [0, 0.05) is 24.9 Å². The Bertz CT molecular complexity index is 612. The first-order valence-electron chi connectivity index (χ1n) is 7.11. The zero-order valence-electron chi connectivity index (χ0n) is 11.6. The molecule has 1 heterocycles. The zero-order valence-corrected chi connectivity index (χ0v) is 12.3. The number of rotatable bonds is 5. The second kappa shape index (κ2) is 5.80. The molecule has 0 amide bonds. The van der Waals surface area contributed by atoms with Gasteiger partial charge in [-0.05, 0) is 24.0 Å². The van der Waals surface area contributed by atoms with Crippen LogP contribution in [0.5, 0.6) is 0 Å². The van der Waals surface area contributed by atoms with Crippen LogP contribution in [0.15, 0.2) is 30.3 Å². The Hall–Kier alpha value is -1.61. The number of aromatic nitrogens is 2. The fourth-order valence-corrected chi connectivity index (χ4v) is 2.86. The molecule has 1 N–H and O–H groups in total. The van der Waals surface area contributed by atoms with Crippen molar-refractivity contribution < 1.29 is 0 Å². The third-order valence-corrected chi connectivity index (χ3v) is 3.90. The van der Waals surface area contributed by atoms with Gasteiger partial charge in [0.05, 0.1) is 0 Å². The van der Waals surface area contributed by atoms with Crippen LogP contribution in [0.4, 0.5) is 5.82 Å². The molecule has 20 heavy (non-hydrogen) atoms. The lowest BCUT2D eigenvalue weighted by atomic mass is 9.78. The van der Waals surface area contributed by atoms with Crippen molar-refractivity contribution in [2.45, 2.75) is 32.1 Å². The Morgan fingerprint density at radius 1 is 1.30 bits per heavy atom. The Morgan fingerprint density at radius 2 is 2.15 bits per heavy atom. The molecule has 3 nitrogen and oxygen atoms in total. The summed E-state index contributed by atoms with van der Waals surface area (Å²) in [6, 6.07) is 10.4. The maximum Gasteiger partial charge on any atom is 0.134 e. The molecule has 4 heteroatoms. The first-order chi connectivity index (χ1) is 9.76. The summed E-state index contributed by atoms with van der Waals surface area (Å²) < 4.78 is 0. The Kier molecular flexibility index (Phi) is 3.88. The van der Waals surface area contributed by atoms with E-state index in [9.17, 15) is 0 Å². The van der Waals surface area contributed by atoms with Gasteiger partial charge in [-0.2, -0.15) is 0 Å². The van der Waals surface area contributed by atoms with Crippen molar-refractivity contribution in [1.82, 2.24) is 9.97 Å². The van der Waals surface area contributed by atoms with E-state index in [1.165, 1.54) is 11.1 Å². The number of fused-ring (bicyclic) bond motifs is 1. The first-order valence-corrected chi connectivity index (χ1v) is 7.49. The largest absolute Gasteiger partial charge is 0.369 e. The van der Waals surface area contributed by atoms with Crippen LogP contribution in [0.25, 0.3) is 0 Å². The molecule has 0 saturated heterocycles. The number of nitrogens with one attached hydrogen (secondary N) is 1. The van der Waals surface area contributed by atoms with Gasteiger partial charge in [0.1, 0.15) is 16.8 Å². The van der Waals surface area contributed by atoms with Gasteiger partial charge in [-0.1, -0.05) is 42.8 Å². The van der Waals surface area contributed by atoms with Crippen LogP contribution in [0.2, 0.25) is 5.15 Å². The first kappa shape index (κ1) is 13.4. The van der Waals surface area contributed by atoms with Crippen LogP contribution in [-0.4, -0.2) is 16.5 Å². The van der Waals surface area contributed by atoms with Crippen molar-refractivity contribution >= 4 is 17.4 Å². The molecule has 3 rings (SSSR count). The van der Waals surface area contributed by atoms with Crippen molar-refractivity contribution in [3.05, 3.63) is 52.4 Å². The number of aryl methyl sites for hydroxylation is 1. The molecule has 2 aromatic rings. The van der Waals surface area contributed by atoms with Crippen LogP contribution < -0.4 is 5.32 Å². The standard InChI is InChI=1S/C16H18ClN3/c1-2-5-15-19-14(17)9-16(20-15)18-10-12-8-11-6-3-4-7-13(11)12/h3-4,6-7,9,12H,2,5,8,10H2,1H3,(H,18,19,20). The highest BCUT2D eigenvalue weighted by Gasteiger charge is 2.24. The smallest absolute Gasteiger partial charge is 0.134 e. The Morgan fingerprint density at radius 3 is 2.95 bits per heavy atom. The van der Waals surface area contributed by atoms with Crippen molar-refractivity contribution in [2.24, 2.45) is 0 Å². The summed E-state index contributed by atoms with van der Waals surface area (Å²) in [7, 11) is 0. The minimum Gasteiger partial charge on any atom is -0.369 e. The summed E-state index contributed by atoms with van der Waals surface area (Å²) >= 11 is 6.04. The second-order valence-electron chi connectivity index (χ2n) is 5.22. The van der Waals surface area contributed by atoms with Gasteiger partial charge in [-0.25, -0.2) is 9.97 Å². The number of anilines is 1. The van der Waals surface area contributed by atoms with Gasteiger partial charge in [0.2, 0.25) is 0 Å². The highest BCUT2D eigenvalue weighted by Crippen LogP contribution is 2.34. The molecule has 1 aliphatic rings. The topological polar surface area (TPSA) is 37.8 Å². The van der Waals surface area contributed by atoms with Gasteiger partial charge in [-0.15, -0.1) is 0 Å². The zero-order chi connectivity index (χ0) is 13.9. The van der Waals surface area contributed by atoms with Crippen LogP contribution in [-0.2, 0) is 12.8 Å². The van der Waals surface area contributed by atoms with E-state index in [0.29, 0.717) is 11.1 Å². The quantitative estimate of drug-likeness (QED) is 0.849. The molecule has 0 aliphatic heterocycles. The number of hydrogen-bond acceptors (Lipinski definition) is 3. The molecule has 0 saturated carbocycles. The van der Waals surface area contributed by atoms with Crippen molar-refractivity contribution in [2.75, 3.05) is 11.9 Å². The molecule has 0 bridgehead atoms. The molecular weight excluding hydrogens is 270 g/mol. The van der Waals surface area contributed by atoms with Crippen LogP contribution in [0.1, 0.15) is 36.2 Å². The predicted octanol–water partition coefficient (Wildman–Crippen LogP) is 3.83. The maximum atomic E-state index is 6.04. The molecule has 1 aliphatic carbocycles. The fraction of sp³-hybridized carbons (Fsp3) is 0.375. The highest BCUT2D eigenvalue weighted by molar-refractivity contribution is 6.29. The number of hydrogen-bond donors (Lipinski definition) is 1. The third kappa shape index (κ3) is 2.78. The van der Waals surface area contributed by atoms with Gasteiger partial charge in [0.15, 0.2) is 0 Å².